The lowest BCUT2D eigenvalue weighted by molar-refractivity contribution is -0.145. The molecule has 2 atom stereocenters. The van der Waals surface area contributed by atoms with Crippen molar-refractivity contribution >= 4 is 28.7 Å². The highest BCUT2D eigenvalue weighted by atomic mass is 16.5. The molecule has 2 rings (SSSR count). The van der Waals surface area contributed by atoms with Gasteiger partial charge in [0.25, 0.3) is 0 Å². The second-order valence-electron chi connectivity index (χ2n) is 8.39. The average Bonchev–Trinajstić information content (AvgIpc) is 3.28. The summed E-state index contributed by atoms with van der Waals surface area (Å²) in [6.07, 6.45) is 6.62. The van der Waals surface area contributed by atoms with E-state index in [9.17, 15) is 14.4 Å². The van der Waals surface area contributed by atoms with Gasteiger partial charge in [-0.1, -0.05) is 30.4 Å². The number of ether oxygens (including phenoxy) is 2. The number of aliphatic hydroxyl groups excluding tert-OH is 1. The number of rotatable bonds is 18. The minimum atomic E-state index is -0.622. The SMILES string of the molecule is C=CCCC(=O)OCC(Cc1c[nH]c2ccccc12)NC(=O)C(CC=C)CC(=O)NCCOCCO. The van der Waals surface area contributed by atoms with Crippen LogP contribution in [0.25, 0.3) is 10.9 Å². The predicted octanol–water partition coefficient (Wildman–Crippen LogP) is 2.41. The summed E-state index contributed by atoms with van der Waals surface area (Å²) in [5.41, 5.74) is 1.96. The van der Waals surface area contributed by atoms with E-state index in [0.29, 0.717) is 19.3 Å². The molecule has 0 radical (unpaired) electrons. The van der Waals surface area contributed by atoms with Gasteiger partial charge in [0.15, 0.2) is 0 Å². The monoisotopic (exact) mass is 499 g/mol. The lowest BCUT2D eigenvalue weighted by Crippen LogP contribution is -2.44. The van der Waals surface area contributed by atoms with Crippen LogP contribution >= 0.6 is 0 Å². The minimum Gasteiger partial charge on any atom is -0.463 e. The summed E-state index contributed by atoms with van der Waals surface area (Å²) in [4.78, 5) is 40.8. The Morgan fingerprint density at radius 1 is 1.14 bits per heavy atom. The summed E-state index contributed by atoms with van der Waals surface area (Å²) < 4.78 is 10.6. The normalized spacial score (nSPS) is 12.5. The second kappa shape index (κ2) is 16.3. The van der Waals surface area contributed by atoms with Crippen molar-refractivity contribution in [2.75, 3.05) is 33.0 Å². The van der Waals surface area contributed by atoms with Crippen LogP contribution in [0.15, 0.2) is 55.8 Å². The third-order valence-corrected chi connectivity index (χ3v) is 5.54. The van der Waals surface area contributed by atoms with E-state index < -0.39 is 12.0 Å². The molecule has 196 valence electrons. The number of aromatic amines is 1. The molecule has 4 N–H and O–H groups in total. The van der Waals surface area contributed by atoms with Gasteiger partial charge in [0.2, 0.25) is 11.8 Å². The van der Waals surface area contributed by atoms with Crippen molar-refractivity contribution in [1.29, 1.82) is 0 Å². The Morgan fingerprint density at radius 2 is 1.94 bits per heavy atom. The zero-order valence-electron chi connectivity index (χ0n) is 20.7. The van der Waals surface area contributed by atoms with E-state index in [1.165, 1.54) is 0 Å². The summed E-state index contributed by atoms with van der Waals surface area (Å²) in [6, 6.07) is 7.36. The molecule has 0 fully saturated rings. The molecular formula is C27H37N3O6. The molecule has 2 amide bonds. The van der Waals surface area contributed by atoms with Crippen LogP contribution in [0.3, 0.4) is 0 Å². The van der Waals surface area contributed by atoms with E-state index in [4.69, 9.17) is 14.6 Å². The predicted molar refractivity (Wildman–Crippen MR) is 138 cm³/mol. The maximum atomic E-state index is 13.2. The van der Waals surface area contributed by atoms with Gasteiger partial charge in [-0.25, -0.2) is 0 Å². The molecule has 9 nitrogen and oxygen atoms in total. The summed E-state index contributed by atoms with van der Waals surface area (Å²) in [5, 5.41) is 15.4. The van der Waals surface area contributed by atoms with Gasteiger partial charge in [0.05, 0.1) is 31.8 Å². The zero-order valence-corrected chi connectivity index (χ0v) is 20.7. The maximum absolute atomic E-state index is 13.2. The van der Waals surface area contributed by atoms with E-state index in [1.54, 1.807) is 12.2 Å². The number of para-hydroxylation sites is 1. The highest BCUT2D eigenvalue weighted by Crippen LogP contribution is 2.20. The molecular weight excluding hydrogens is 462 g/mol. The molecule has 0 aliphatic carbocycles. The molecule has 0 saturated heterocycles. The molecule has 2 unspecified atom stereocenters. The smallest absolute Gasteiger partial charge is 0.306 e. The molecule has 1 aromatic carbocycles. The van der Waals surface area contributed by atoms with Gasteiger partial charge < -0.3 is 30.2 Å². The number of fused-ring (bicyclic) bond motifs is 1. The molecule has 0 aliphatic rings. The van der Waals surface area contributed by atoms with E-state index in [0.717, 1.165) is 16.5 Å². The second-order valence-corrected chi connectivity index (χ2v) is 8.39. The van der Waals surface area contributed by atoms with Crippen molar-refractivity contribution in [2.45, 2.75) is 38.1 Å². The number of allylic oxidation sites excluding steroid dienone is 2. The summed E-state index contributed by atoms with van der Waals surface area (Å²) >= 11 is 0. The van der Waals surface area contributed by atoms with E-state index >= 15 is 0 Å². The number of H-pyrrole nitrogens is 1. The average molecular weight is 500 g/mol. The number of nitrogens with one attached hydrogen (secondary N) is 3. The van der Waals surface area contributed by atoms with Crippen LogP contribution in [0.2, 0.25) is 0 Å². The van der Waals surface area contributed by atoms with Gasteiger partial charge in [0, 0.05) is 36.5 Å². The third kappa shape index (κ3) is 10.1. The Kier molecular flexibility index (Phi) is 13.0. The number of benzene rings is 1. The number of hydrogen-bond acceptors (Lipinski definition) is 6. The minimum absolute atomic E-state index is 0.0103. The molecule has 9 heteroatoms. The molecule has 36 heavy (non-hydrogen) atoms. The van der Waals surface area contributed by atoms with Gasteiger partial charge in [-0.3, -0.25) is 14.4 Å². The standard InChI is InChI=1S/C27H37N3O6/c1-3-5-11-26(33)36-19-22(16-21-18-29-24-10-7-6-9-23(21)24)30-27(34)20(8-4-2)17-25(32)28-12-14-35-15-13-31/h3-4,6-7,9-10,18,20,22,29,31H,1-2,5,8,11-17,19H2,(H,28,32)(H,30,34). The Morgan fingerprint density at radius 3 is 2.69 bits per heavy atom. The van der Waals surface area contributed by atoms with Gasteiger partial charge in [-0.05, 0) is 30.9 Å². The molecule has 1 heterocycles. The van der Waals surface area contributed by atoms with Crippen LogP contribution in [-0.4, -0.2) is 66.9 Å². The number of carbonyl (C=O) groups is 3. The third-order valence-electron chi connectivity index (χ3n) is 5.54. The van der Waals surface area contributed by atoms with Crippen LogP contribution in [0, 0.1) is 5.92 Å². The van der Waals surface area contributed by atoms with Gasteiger partial charge in [-0.15, -0.1) is 13.2 Å². The van der Waals surface area contributed by atoms with Crippen LogP contribution in [0.1, 0.15) is 31.2 Å². The summed E-state index contributed by atoms with van der Waals surface area (Å²) in [7, 11) is 0. The fourth-order valence-corrected chi connectivity index (χ4v) is 3.73. The number of aromatic nitrogens is 1. The van der Waals surface area contributed by atoms with Crippen molar-refractivity contribution in [2.24, 2.45) is 5.92 Å². The lowest BCUT2D eigenvalue weighted by atomic mass is 9.98. The van der Waals surface area contributed by atoms with E-state index in [1.807, 2.05) is 30.5 Å². The largest absolute Gasteiger partial charge is 0.463 e. The number of aliphatic hydroxyl groups is 1. The van der Waals surface area contributed by atoms with E-state index in [2.05, 4.69) is 28.8 Å². The maximum Gasteiger partial charge on any atom is 0.306 e. The van der Waals surface area contributed by atoms with Crippen molar-refractivity contribution < 1.29 is 29.0 Å². The Labute approximate surface area is 211 Å². The van der Waals surface area contributed by atoms with Crippen LogP contribution in [0.4, 0.5) is 0 Å². The van der Waals surface area contributed by atoms with Crippen molar-refractivity contribution in [3.63, 3.8) is 0 Å². The topological polar surface area (TPSA) is 130 Å². The Balaban J connectivity index is 2.04. The fourth-order valence-electron chi connectivity index (χ4n) is 3.73. The van der Waals surface area contributed by atoms with Crippen LogP contribution < -0.4 is 10.6 Å². The lowest BCUT2D eigenvalue weighted by Gasteiger charge is -2.22. The first-order chi connectivity index (χ1) is 17.5. The molecule has 2 aromatic rings. The quantitative estimate of drug-likeness (QED) is 0.142. The summed E-state index contributed by atoms with van der Waals surface area (Å²) in [6.45, 7) is 8.01. The molecule has 1 aromatic heterocycles. The molecule has 0 saturated carbocycles. The van der Waals surface area contributed by atoms with Crippen molar-refractivity contribution in [1.82, 2.24) is 15.6 Å². The number of carbonyl (C=O) groups excluding carboxylic acids is 3. The highest BCUT2D eigenvalue weighted by Gasteiger charge is 2.25. The number of esters is 1. The molecule has 0 spiro atoms. The number of amides is 2. The first-order valence-electron chi connectivity index (χ1n) is 12.2. The van der Waals surface area contributed by atoms with Crippen LogP contribution in [-0.2, 0) is 30.3 Å². The number of hydrogen-bond donors (Lipinski definition) is 4. The first-order valence-corrected chi connectivity index (χ1v) is 12.2. The molecule has 0 bridgehead atoms. The van der Waals surface area contributed by atoms with Gasteiger partial charge in [-0.2, -0.15) is 0 Å². The van der Waals surface area contributed by atoms with Gasteiger partial charge >= 0.3 is 5.97 Å². The zero-order chi connectivity index (χ0) is 26.2. The highest BCUT2D eigenvalue weighted by molar-refractivity contribution is 5.86. The summed E-state index contributed by atoms with van der Waals surface area (Å²) in [5.74, 6) is -1.58. The van der Waals surface area contributed by atoms with Crippen molar-refractivity contribution in [3.8, 4) is 0 Å². The van der Waals surface area contributed by atoms with Crippen molar-refractivity contribution in [3.05, 3.63) is 61.3 Å². The fraction of sp³-hybridized carbons (Fsp3) is 0.444. The van der Waals surface area contributed by atoms with Gasteiger partial charge in [0.1, 0.15) is 6.61 Å². The van der Waals surface area contributed by atoms with Crippen LogP contribution in [0.5, 0.6) is 0 Å². The molecule has 0 aliphatic heterocycles. The Bertz CT molecular complexity index is 1000. The Hall–Kier alpha value is -3.43. The van der Waals surface area contributed by atoms with E-state index in [-0.39, 0.29) is 63.6 Å². The first kappa shape index (κ1) is 28.8.